The Morgan fingerprint density at radius 3 is 2.68 bits per heavy atom. The second kappa shape index (κ2) is 7.12. The van der Waals surface area contributed by atoms with E-state index in [1.54, 1.807) is 36.4 Å². The summed E-state index contributed by atoms with van der Waals surface area (Å²) in [5.74, 6) is 0.237. The first kappa shape index (κ1) is 15.4. The van der Waals surface area contributed by atoms with E-state index in [-0.39, 0.29) is 11.7 Å². The highest BCUT2D eigenvalue weighted by molar-refractivity contribution is 5.95. The smallest absolute Gasteiger partial charge is 0.271 e. The van der Waals surface area contributed by atoms with Gasteiger partial charge in [-0.3, -0.25) is 4.79 Å². The number of hydrogen-bond acceptors (Lipinski definition) is 5. The molecule has 22 heavy (non-hydrogen) atoms. The standard InChI is InChI=1S/C16H17N3O3/c1-2-22-14-8-5-12(15(20)9-14)10-18-19-16(21)11-3-6-13(17)7-4-11/h3-10,20H,2,17H2,1H3,(H,19,21). The predicted octanol–water partition coefficient (Wildman–Crippen LogP) is 2.14. The molecular formula is C16H17N3O3. The van der Waals surface area contributed by atoms with Crippen molar-refractivity contribution in [3.8, 4) is 11.5 Å². The number of amides is 1. The fraction of sp³-hybridized carbons (Fsp3) is 0.125. The molecular weight excluding hydrogens is 282 g/mol. The Labute approximate surface area is 128 Å². The highest BCUT2D eigenvalue weighted by Gasteiger charge is 2.04. The number of carbonyl (C=O) groups is 1. The first-order valence-electron chi connectivity index (χ1n) is 6.75. The van der Waals surface area contributed by atoms with E-state index >= 15 is 0 Å². The van der Waals surface area contributed by atoms with Crippen molar-refractivity contribution in [2.75, 3.05) is 12.3 Å². The molecule has 1 amide bonds. The van der Waals surface area contributed by atoms with E-state index in [4.69, 9.17) is 10.5 Å². The number of benzene rings is 2. The molecule has 114 valence electrons. The Balaban J connectivity index is 2.00. The molecule has 2 aromatic carbocycles. The van der Waals surface area contributed by atoms with Crippen LogP contribution in [0.5, 0.6) is 11.5 Å². The van der Waals surface area contributed by atoms with Gasteiger partial charge >= 0.3 is 0 Å². The Bertz CT molecular complexity index is 682. The van der Waals surface area contributed by atoms with Gasteiger partial charge in [-0.1, -0.05) is 0 Å². The minimum Gasteiger partial charge on any atom is -0.507 e. The molecule has 0 aliphatic rings. The molecule has 0 saturated carbocycles. The first-order chi connectivity index (χ1) is 10.6. The van der Waals surface area contributed by atoms with Gasteiger partial charge in [-0.25, -0.2) is 5.43 Å². The number of nitrogens with one attached hydrogen (secondary N) is 1. The topological polar surface area (TPSA) is 96.9 Å². The zero-order valence-corrected chi connectivity index (χ0v) is 12.1. The van der Waals surface area contributed by atoms with Crippen molar-refractivity contribution < 1.29 is 14.6 Å². The molecule has 0 radical (unpaired) electrons. The number of aromatic hydroxyl groups is 1. The molecule has 0 aromatic heterocycles. The summed E-state index contributed by atoms with van der Waals surface area (Å²) in [5.41, 5.74) is 9.44. The van der Waals surface area contributed by atoms with Crippen LogP contribution in [0, 0.1) is 0 Å². The third-order valence-electron chi connectivity index (χ3n) is 2.86. The zero-order chi connectivity index (χ0) is 15.9. The molecule has 6 heteroatoms. The quantitative estimate of drug-likeness (QED) is 0.447. The molecule has 4 N–H and O–H groups in total. The van der Waals surface area contributed by atoms with Gasteiger partial charge in [-0.05, 0) is 43.3 Å². The molecule has 2 rings (SSSR count). The molecule has 0 fully saturated rings. The third kappa shape index (κ3) is 3.99. The summed E-state index contributed by atoms with van der Waals surface area (Å²) in [5, 5.41) is 13.7. The molecule has 2 aromatic rings. The van der Waals surface area contributed by atoms with Crippen LogP contribution in [-0.4, -0.2) is 23.8 Å². The van der Waals surface area contributed by atoms with Gasteiger partial charge in [0.05, 0.1) is 12.8 Å². The van der Waals surface area contributed by atoms with Gasteiger partial charge in [-0.2, -0.15) is 5.10 Å². The van der Waals surface area contributed by atoms with Gasteiger partial charge in [0.2, 0.25) is 0 Å². The summed E-state index contributed by atoms with van der Waals surface area (Å²) in [6.07, 6.45) is 1.36. The summed E-state index contributed by atoms with van der Waals surface area (Å²) in [4.78, 5) is 11.8. The lowest BCUT2D eigenvalue weighted by Crippen LogP contribution is -2.17. The maximum absolute atomic E-state index is 11.8. The van der Waals surface area contributed by atoms with Crippen molar-refractivity contribution in [1.29, 1.82) is 0 Å². The number of nitrogen functional groups attached to an aromatic ring is 1. The normalized spacial score (nSPS) is 10.6. The van der Waals surface area contributed by atoms with Crippen LogP contribution in [-0.2, 0) is 0 Å². The number of nitrogens with two attached hydrogens (primary N) is 1. The Morgan fingerprint density at radius 1 is 1.32 bits per heavy atom. The van der Waals surface area contributed by atoms with Gasteiger partial charge in [-0.15, -0.1) is 0 Å². The Kier molecular flexibility index (Phi) is 4.98. The highest BCUT2D eigenvalue weighted by atomic mass is 16.5. The Hall–Kier alpha value is -3.02. The van der Waals surface area contributed by atoms with Gasteiger partial charge < -0.3 is 15.6 Å². The van der Waals surface area contributed by atoms with E-state index in [2.05, 4.69) is 10.5 Å². The van der Waals surface area contributed by atoms with Crippen molar-refractivity contribution in [3.63, 3.8) is 0 Å². The molecule has 0 bridgehead atoms. The number of hydrogen-bond donors (Lipinski definition) is 3. The summed E-state index contributed by atoms with van der Waals surface area (Å²) < 4.78 is 5.27. The number of anilines is 1. The van der Waals surface area contributed by atoms with E-state index < -0.39 is 0 Å². The number of phenols is 1. The van der Waals surface area contributed by atoms with Crippen LogP contribution >= 0.6 is 0 Å². The van der Waals surface area contributed by atoms with E-state index in [1.165, 1.54) is 12.3 Å². The number of ether oxygens (including phenoxy) is 1. The minimum atomic E-state index is -0.360. The van der Waals surface area contributed by atoms with E-state index in [0.717, 1.165) is 0 Å². The first-order valence-corrected chi connectivity index (χ1v) is 6.75. The van der Waals surface area contributed by atoms with Gasteiger partial charge in [0.25, 0.3) is 5.91 Å². The zero-order valence-electron chi connectivity index (χ0n) is 12.1. The fourth-order valence-electron chi connectivity index (χ4n) is 1.75. The summed E-state index contributed by atoms with van der Waals surface area (Å²) in [7, 11) is 0. The van der Waals surface area contributed by atoms with Crippen LogP contribution in [0.15, 0.2) is 47.6 Å². The number of nitrogens with zero attached hydrogens (tertiary/aromatic N) is 1. The van der Waals surface area contributed by atoms with Gasteiger partial charge in [0, 0.05) is 22.9 Å². The molecule has 0 unspecified atom stereocenters. The molecule has 0 heterocycles. The SMILES string of the molecule is CCOc1ccc(C=NNC(=O)c2ccc(N)cc2)c(O)c1. The maximum atomic E-state index is 11.8. The minimum absolute atomic E-state index is 0.0245. The van der Waals surface area contributed by atoms with Crippen LogP contribution in [0.4, 0.5) is 5.69 Å². The third-order valence-corrected chi connectivity index (χ3v) is 2.86. The average molecular weight is 299 g/mol. The number of hydrazone groups is 1. The van der Waals surface area contributed by atoms with Crippen molar-refractivity contribution in [2.45, 2.75) is 6.92 Å². The lowest BCUT2D eigenvalue weighted by molar-refractivity contribution is 0.0955. The largest absolute Gasteiger partial charge is 0.507 e. The summed E-state index contributed by atoms with van der Waals surface area (Å²) in [6, 6.07) is 11.3. The Morgan fingerprint density at radius 2 is 2.05 bits per heavy atom. The van der Waals surface area contributed by atoms with Crippen LogP contribution in [0.3, 0.4) is 0 Å². The number of phenolic OH excluding ortho intramolecular Hbond substituents is 1. The van der Waals surface area contributed by atoms with E-state index in [1.807, 2.05) is 6.92 Å². The van der Waals surface area contributed by atoms with E-state index in [0.29, 0.717) is 29.2 Å². The van der Waals surface area contributed by atoms with Crippen molar-refractivity contribution in [2.24, 2.45) is 5.10 Å². The molecule has 0 aliphatic heterocycles. The lowest BCUT2D eigenvalue weighted by Gasteiger charge is -2.05. The van der Waals surface area contributed by atoms with Crippen LogP contribution in [0.2, 0.25) is 0 Å². The van der Waals surface area contributed by atoms with Crippen LogP contribution < -0.4 is 15.9 Å². The molecule has 6 nitrogen and oxygen atoms in total. The molecule has 0 spiro atoms. The fourth-order valence-corrected chi connectivity index (χ4v) is 1.75. The second-order valence-electron chi connectivity index (χ2n) is 4.47. The monoisotopic (exact) mass is 299 g/mol. The molecule has 0 aliphatic carbocycles. The summed E-state index contributed by atoms with van der Waals surface area (Å²) in [6.45, 7) is 2.38. The van der Waals surface area contributed by atoms with Crippen molar-refractivity contribution >= 4 is 17.8 Å². The van der Waals surface area contributed by atoms with Crippen LogP contribution in [0.25, 0.3) is 0 Å². The number of rotatable bonds is 5. The maximum Gasteiger partial charge on any atom is 0.271 e. The summed E-state index contributed by atoms with van der Waals surface area (Å²) >= 11 is 0. The van der Waals surface area contributed by atoms with Gasteiger partial charge in [0.1, 0.15) is 11.5 Å². The molecule has 0 saturated heterocycles. The number of carbonyl (C=O) groups excluding carboxylic acids is 1. The average Bonchev–Trinajstić information content (AvgIpc) is 2.50. The lowest BCUT2D eigenvalue weighted by atomic mass is 10.2. The molecule has 0 atom stereocenters. The van der Waals surface area contributed by atoms with E-state index in [9.17, 15) is 9.90 Å². The predicted molar refractivity (Wildman–Crippen MR) is 85.2 cm³/mol. The van der Waals surface area contributed by atoms with Crippen molar-refractivity contribution in [3.05, 3.63) is 53.6 Å². The van der Waals surface area contributed by atoms with Crippen LogP contribution in [0.1, 0.15) is 22.8 Å². The van der Waals surface area contributed by atoms with Crippen molar-refractivity contribution in [1.82, 2.24) is 5.43 Å². The highest BCUT2D eigenvalue weighted by Crippen LogP contribution is 2.22. The second-order valence-corrected chi connectivity index (χ2v) is 4.47. The van der Waals surface area contributed by atoms with Gasteiger partial charge in [0.15, 0.2) is 0 Å².